The topological polar surface area (TPSA) is 149 Å². The molecule has 3 N–H and O–H groups in total. The number of sulfonamides is 1. The second-order valence-corrected chi connectivity index (χ2v) is 18.5. The number of nitrogens with one attached hydrogen (secondary N) is 3. The monoisotopic (exact) mass is 841 g/mol. The molecule has 2 heterocycles. The summed E-state index contributed by atoms with van der Waals surface area (Å²) in [5.41, 5.74) is 3.15. The van der Waals surface area contributed by atoms with Crippen molar-refractivity contribution < 1.29 is 31.9 Å². The number of amides is 1. The van der Waals surface area contributed by atoms with Crippen molar-refractivity contribution in [2.45, 2.75) is 108 Å². The second-order valence-electron chi connectivity index (χ2n) is 14.7. The molecule has 0 radical (unpaired) electrons. The number of unbranched alkanes of at least 4 members (excludes halogenated alkanes) is 4. The number of para-hydroxylation sites is 1. The van der Waals surface area contributed by atoms with Gasteiger partial charge in [-0.05, 0) is 67.9 Å². The summed E-state index contributed by atoms with van der Waals surface area (Å²) in [6.07, 6.45) is 11.4. The molecule has 1 amide bonds. The minimum atomic E-state index is -3.91. The van der Waals surface area contributed by atoms with E-state index in [2.05, 4.69) is 46.3 Å². The first-order valence-electron chi connectivity index (χ1n) is 20.0. The van der Waals surface area contributed by atoms with E-state index in [1.165, 1.54) is 66.5 Å². The number of methoxy groups -OCH3 is 2. The van der Waals surface area contributed by atoms with Crippen molar-refractivity contribution in [2.75, 3.05) is 37.4 Å². The van der Waals surface area contributed by atoms with E-state index < -0.39 is 15.8 Å². The molecule has 2 aliphatic carbocycles. The normalized spacial score (nSPS) is 18.3. The molecule has 0 saturated heterocycles. The van der Waals surface area contributed by atoms with Gasteiger partial charge in [0.05, 0.1) is 30.0 Å². The molecule has 2 aliphatic rings. The van der Waals surface area contributed by atoms with Gasteiger partial charge in [0.25, 0.3) is 10.0 Å². The Labute approximate surface area is 344 Å². The van der Waals surface area contributed by atoms with E-state index in [4.69, 9.17) is 14.5 Å². The van der Waals surface area contributed by atoms with Gasteiger partial charge in [0.15, 0.2) is 10.3 Å². The maximum atomic E-state index is 13.4. The van der Waals surface area contributed by atoms with Crippen LogP contribution in [0.1, 0.15) is 111 Å². The summed E-state index contributed by atoms with van der Waals surface area (Å²) < 4.78 is 50.8. The van der Waals surface area contributed by atoms with Crippen LogP contribution in [0, 0.1) is 17.7 Å². The molecule has 0 bridgehead atoms. The van der Waals surface area contributed by atoms with Crippen LogP contribution >= 0.6 is 22.7 Å². The second kappa shape index (κ2) is 21.7. The van der Waals surface area contributed by atoms with Crippen LogP contribution in [0.5, 0.6) is 0 Å². The summed E-state index contributed by atoms with van der Waals surface area (Å²) in [5.74, 6) is 0.256. The molecule has 4 unspecified atom stereocenters. The van der Waals surface area contributed by atoms with Gasteiger partial charge in [0, 0.05) is 53.8 Å². The zero-order valence-corrected chi connectivity index (χ0v) is 35.8. The SMILES string of the molecule is CCCCCC1c2nc(NS(=O)(=O)c3cccc(F)c3)sc2CC1CC(=O)OC.CCCCCC1c2nc(Nc3ccccc3)sc2CC1CC(=O)NCCOC. The van der Waals surface area contributed by atoms with Gasteiger partial charge in [-0.25, -0.2) is 22.8 Å². The quantitative estimate of drug-likeness (QED) is 0.0585. The van der Waals surface area contributed by atoms with E-state index in [0.717, 1.165) is 66.0 Å². The van der Waals surface area contributed by atoms with Gasteiger partial charge in [0.1, 0.15) is 5.82 Å². The van der Waals surface area contributed by atoms with E-state index >= 15 is 0 Å². The van der Waals surface area contributed by atoms with Crippen molar-refractivity contribution >= 4 is 60.5 Å². The number of benzene rings is 2. The first-order chi connectivity index (χ1) is 27.5. The van der Waals surface area contributed by atoms with Crippen molar-refractivity contribution in [3.63, 3.8) is 0 Å². The summed E-state index contributed by atoms with van der Waals surface area (Å²) in [5, 5.41) is 7.63. The zero-order valence-electron chi connectivity index (χ0n) is 33.4. The van der Waals surface area contributed by atoms with Crippen LogP contribution in [-0.2, 0) is 41.9 Å². The summed E-state index contributed by atoms with van der Waals surface area (Å²) in [6.45, 7) is 5.49. The van der Waals surface area contributed by atoms with E-state index in [1.807, 2.05) is 18.2 Å². The number of fused-ring (bicyclic) bond motifs is 2. The number of ether oxygens (including phenoxy) is 2. The van der Waals surface area contributed by atoms with Crippen LogP contribution in [0.3, 0.4) is 0 Å². The molecule has 2 aromatic carbocycles. The molecular formula is C42H56FN5O6S3. The Balaban J connectivity index is 0.000000218. The number of halogens is 1. The first kappa shape index (κ1) is 44.2. The zero-order chi connectivity index (χ0) is 40.8. The number of rotatable bonds is 20. The fraction of sp³-hybridized carbons (Fsp3) is 0.524. The third-order valence-corrected chi connectivity index (χ3v) is 14.0. The number of thiazole rings is 2. The Kier molecular flexibility index (Phi) is 16.8. The number of hydrogen-bond donors (Lipinski definition) is 3. The number of aromatic nitrogens is 2. The summed E-state index contributed by atoms with van der Waals surface area (Å²) in [6, 6.07) is 15.0. The van der Waals surface area contributed by atoms with Crippen molar-refractivity contribution in [3.8, 4) is 0 Å². The number of anilines is 3. The highest BCUT2D eigenvalue weighted by Gasteiger charge is 2.38. The Morgan fingerprint density at radius 1 is 0.825 bits per heavy atom. The Hall–Kier alpha value is -3.92. The van der Waals surface area contributed by atoms with Gasteiger partial charge in [-0.1, -0.05) is 76.6 Å². The van der Waals surface area contributed by atoms with Crippen molar-refractivity contribution in [1.29, 1.82) is 0 Å². The summed E-state index contributed by atoms with van der Waals surface area (Å²) in [4.78, 5) is 35.8. The number of nitrogens with zero attached hydrogens (tertiary/aromatic N) is 2. The van der Waals surface area contributed by atoms with E-state index in [0.29, 0.717) is 44.2 Å². The molecule has 15 heteroatoms. The molecule has 57 heavy (non-hydrogen) atoms. The van der Waals surface area contributed by atoms with E-state index in [1.54, 1.807) is 18.4 Å². The third-order valence-electron chi connectivity index (χ3n) is 10.5. The van der Waals surface area contributed by atoms with Gasteiger partial charge in [-0.15, -0.1) is 22.7 Å². The molecule has 4 aromatic rings. The van der Waals surface area contributed by atoms with Crippen molar-refractivity contribution in [3.05, 3.63) is 81.6 Å². The highest BCUT2D eigenvalue weighted by molar-refractivity contribution is 7.93. The number of carbonyl (C=O) groups excluding carboxylic acids is 2. The lowest BCUT2D eigenvalue weighted by Gasteiger charge is -2.19. The molecule has 0 fully saturated rings. The van der Waals surface area contributed by atoms with Crippen molar-refractivity contribution in [2.24, 2.45) is 11.8 Å². The van der Waals surface area contributed by atoms with Crippen LogP contribution in [0.2, 0.25) is 0 Å². The Morgan fingerprint density at radius 2 is 1.44 bits per heavy atom. The van der Waals surface area contributed by atoms with E-state index in [-0.39, 0.29) is 33.7 Å². The van der Waals surface area contributed by atoms with Crippen molar-refractivity contribution in [1.82, 2.24) is 15.3 Å². The lowest BCUT2D eigenvalue weighted by molar-refractivity contribution is -0.141. The number of esters is 1. The molecule has 0 spiro atoms. The first-order valence-corrected chi connectivity index (χ1v) is 23.1. The molecule has 0 aliphatic heterocycles. The smallest absolute Gasteiger partial charge is 0.305 e. The lowest BCUT2D eigenvalue weighted by atomic mass is 9.87. The highest BCUT2D eigenvalue weighted by atomic mass is 32.2. The van der Waals surface area contributed by atoms with Gasteiger partial charge in [0.2, 0.25) is 5.91 Å². The Morgan fingerprint density at radius 3 is 2.04 bits per heavy atom. The van der Waals surface area contributed by atoms with E-state index in [9.17, 15) is 22.4 Å². The predicted molar refractivity (Wildman–Crippen MR) is 225 cm³/mol. The minimum Gasteiger partial charge on any atom is -0.469 e. The van der Waals surface area contributed by atoms with Crippen LogP contribution in [0.25, 0.3) is 0 Å². The van der Waals surface area contributed by atoms with Gasteiger partial charge in [-0.2, -0.15) is 0 Å². The fourth-order valence-corrected chi connectivity index (χ4v) is 11.2. The molecule has 2 aromatic heterocycles. The third kappa shape index (κ3) is 12.5. The summed E-state index contributed by atoms with van der Waals surface area (Å²) >= 11 is 3.02. The summed E-state index contributed by atoms with van der Waals surface area (Å²) in [7, 11) is -0.878. The lowest BCUT2D eigenvalue weighted by Crippen LogP contribution is -2.29. The molecule has 4 atom stereocenters. The number of carbonyl (C=O) groups is 2. The maximum Gasteiger partial charge on any atom is 0.305 e. The predicted octanol–water partition coefficient (Wildman–Crippen LogP) is 9.36. The fourth-order valence-electron chi connectivity index (χ4n) is 7.66. The molecule has 6 rings (SSSR count). The number of hydrogen-bond acceptors (Lipinski definition) is 11. The van der Waals surface area contributed by atoms with Crippen LogP contribution in [-0.4, -0.2) is 57.6 Å². The largest absolute Gasteiger partial charge is 0.469 e. The van der Waals surface area contributed by atoms with Crippen LogP contribution < -0.4 is 15.4 Å². The molecular weight excluding hydrogens is 786 g/mol. The van der Waals surface area contributed by atoms with Crippen LogP contribution in [0.15, 0.2) is 59.5 Å². The highest BCUT2D eigenvalue weighted by Crippen LogP contribution is 2.47. The molecule has 0 saturated carbocycles. The average Bonchev–Trinajstić information content (AvgIpc) is 3.92. The molecule has 11 nitrogen and oxygen atoms in total. The average molecular weight is 842 g/mol. The maximum absolute atomic E-state index is 13.4. The van der Waals surface area contributed by atoms with Crippen LogP contribution in [0.4, 0.5) is 20.3 Å². The molecule has 310 valence electrons. The standard InChI is InChI=1S/C22H31N3O2S.C20H25FN2O4S2/c1-3-4-6-11-18-16(15-20(26)23-12-13-27-2)14-19-21(18)25-22(28-19)24-17-9-7-5-8-10-17;1-3-4-5-9-16-13(11-18(24)27-2)10-17-19(16)22-20(28-17)23-29(25,26)15-8-6-7-14(21)12-15/h5,7-10,16,18H,3-4,6,11-15H2,1-2H3,(H,23,26)(H,24,25);6-8,12-13,16H,3-5,9-11H2,1-2H3,(H,22,23). The minimum absolute atomic E-state index is 0.110. The van der Waals surface area contributed by atoms with Gasteiger partial charge >= 0.3 is 5.97 Å². The van der Waals surface area contributed by atoms with Gasteiger partial charge in [-0.3, -0.25) is 14.3 Å². The Bertz CT molecular complexity index is 2010. The van der Waals surface area contributed by atoms with Gasteiger partial charge < -0.3 is 20.1 Å².